The van der Waals surface area contributed by atoms with Crippen LogP contribution in [0.5, 0.6) is 5.75 Å². The Balaban J connectivity index is 1.34. The topological polar surface area (TPSA) is 21.6 Å². The Morgan fingerprint density at radius 3 is 2.69 bits per heavy atom. The molecule has 2 atom stereocenters. The summed E-state index contributed by atoms with van der Waals surface area (Å²) in [6.45, 7) is 0. The maximum absolute atomic E-state index is 6.39. The lowest BCUT2D eigenvalue weighted by molar-refractivity contribution is 0.500. The van der Waals surface area contributed by atoms with Crippen LogP contribution in [-0.2, 0) is 0 Å². The standard InChI is InChI=1S/C33H29NO/c1-3-10-22(11-4-1)28-20-30(23-12-5-2-6-13-23)34-21-29(28)24-18-19-32-33-26(24)15-9-16-27(33)25-14-7-8-17-31(25)35-32/h2-3,5,7-12,14-17,19,21,24,28H,1,4,6,13,18,20H2. The molecule has 7 rings (SSSR count). The van der Waals surface area contributed by atoms with Crippen LogP contribution in [0.1, 0.15) is 55.6 Å². The molecule has 2 heterocycles. The van der Waals surface area contributed by atoms with E-state index in [1.165, 1.54) is 44.7 Å². The Labute approximate surface area is 207 Å². The molecule has 0 saturated carbocycles. The van der Waals surface area contributed by atoms with Crippen LogP contribution in [-0.4, -0.2) is 5.71 Å². The van der Waals surface area contributed by atoms with E-state index in [2.05, 4.69) is 91.2 Å². The third-order valence-corrected chi connectivity index (χ3v) is 8.04. The lowest BCUT2D eigenvalue weighted by Gasteiger charge is -2.36. The Morgan fingerprint density at radius 1 is 0.857 bits per heavy atom. The van der Waals surface area contributed by atoms with E-state index in [0.29, 0.717) is 11.8 Å². The average Bonchev–Trinajstić information content (AvgIpc) is 2.94. The Kier molecular flexibility index (Phi) is 5.05. The third kappa shape index (κ3) is 3.51. The van der Waals surface area contributed by atoms with E-state index in [9.17, 15) is 0 Å². The highest BCUT2D eigenvalue weighted by molar-refractivity contribution is 6.02. The Morgan fingerprint density at radius 2 is 1.80 bits per heavy atom. The van der Waals surface area contributed by atoms with Crippen LogP contribution in [0, 0.1) is 5.92 Å². The van der Waals surface area contributed by atoms with Gasteiger partial charge in [-0.05, 0) is 72.1 Å². The molecule has 0 radical (unpaired) electrons. The first-order valence-electron chi connectivity index (χ1n) is 13.0. The Bertz CT molecular complexity index is 1420. The zero-order valence-electron chi connectivity index (χ0n) is 19.9. The normalized spacial score (nSPS) is 24.2. The van der Waals surface area contributed by atoms with Crippen molar-refractivity contribution in [3.63, 3.8) is 0 Å². The number of ether oxygens (including phenoxy) is 1. The summed E-state index contributed by atoms with van der Waals surface area (Å²) >= 11 is 0. The molecule has 35 heavy (non-hydrogen) atoms. The predicted octanol–water partition coefficient (Wildman–Crippen LogP) is 8.47. The van der Waals surface area contributed by atoms with Gasteiger partial charge in [-0.25, -0.2) is 0 Å². The second kappa shape index (κ2) is 8.53. The van der Waals surface area contributed by atoms with Gasteiger partial charge in [-0.15, -0.1) is 0 Å². The summed E-state index contributed by atoms with van der Waals surface area (Å²) < 4.78 is 6.39. The first-order chi connectivity index (χ1) is 17.4. The van der Waals surface area contributed by atoms with Gasteiger partial charge >= 0.3 is 0 Å². The highest BCUT2D eigenvalue weighted by atomic mass is 16.5. The van der Waals surface area contributed by atoms with E-state index in [1.807, 2.05) is 0 Å². The summed E-state index contributed by atoms with van der Waals surface area (Å²) in [6.07, 6.45) is 24.8. The van der Waals surface area contributed by atoms with Crippen molar-refractivity contribution in [3.05, 3.63) is 119 Å². The first kappa shape index (κ1) is 20.7. The fourth-order valence-electron chi connectivity index (χ4n) is 6.32. The maximum atomic E-state index is 6.39. The molecule has 2 nitrogen and oxygen atoms in total. The van der Waals surface area contributed by atoms with Gasteiger partial charge in [0.25, 0.3) is 0 Å². The molecule has 5 aliphatic rings. The van der Waals surface area contributed by atoms with Crippen LogP contribution in [0.25, 0.3) is 16.9 Å². The van der Waals surface area contributed by atoms with Crippen LogP contribution in [0.3, 0.4) is 0 Å². The number of hydrogen-bond donors (Lipinski definition) is 0. The van der Waals surface area contributed by atoms with Gasteiger partial charge < -0.3 is 4.74 Å². The van der Waals surface area contributed by atoms with Crippen LogP contribution >= 0.6 is 0 Å². The molecule has 172 valence electrons. The molecule has 0 amide bonds. The van der Waals surface area contributed by atoms with Gasteiger partial charge in [0.1, 0.15) is 11.5 Å². The largest absolute Gasteiger partial charge is 0.456 e. The second-order valence-electron chi connectivity index (χ2n) is 10.0. The van der Waals surface area contributed by atoms with E-state index >= 15 is 0 Å². The number of benzene rings is 2. The average molecular weight is 456 g/mol. The van der Waals surface area contributed by atoms with E-state index in [-0.39, 0.29) is 0 Å². The molecule has 0 bridgehead atoms. The zero-order chi connectivity index (χ0) is 23.2. The van der Waals surface area contributed by atoms with Crippen molar-refractivity contribution >= 4 is 11.5 Å². The van der Waals surface area contributed by atoms with Crippen LogP contribution < -0.4 is 4.74 Å². The number of nitrogens with zero attached hydrogens (tertiary/aromatic N) is 1. The number of para-hydroxylation sites is 1. The number of allylic oxidation sites excluding steroid dienone is 10. The third-order valence-electron chi connectivity index (χ3n) is 8.04. The predicted molar refractivity (Wildman–Crippen MR) is 144 cm³/mol. The van der Waals surface area contributed by atoms with Crippen LogP contribution in [0.2, 0.25) is 0 Å². The monoisotopic (exact) mass is 455 g/mol. The van der Waals surface area contributed by atoms with Crippen molar-refractivity contribution in [2.24, 2.45) is 10.9 Å². The number of fused-ring (bicyclic) bond motifs is 2. The molecule has 2 aromatic carbocycles. The lowest BCUT2D eigenvalue weighted by atomic mass is 9.70. The van der Waals surface area contributed by atoms with Crippen molar-refractivity contribution in [1.29, 1.82) is 0 Å². The fourth-order valence-corrected chi connectivity index (χ4v) is 6.32. The minimum Gasteiger partial charge on any atom is -0.456 e. The minimum absolute atomic E-state index is 0.314. The molecule has 0 fully saturated rings. The van der Waals surface area contributed by atoms with E-state index in [0.717, 1.165) is 50.0 Å². The molecule has 0 N–H and O–H groups in total. The van der Waals surface area contributed by atoms with E-state index < -0.39 is 0 Å². The van der Waals surface area contributed by atoms with Crippen molar-refractivity contribution in [1.82, 2.24) is 0 Å². The van der Waals surface area contributed by atoms with Gasteiger partial charge in [-0.2, -0.15) is 0 Å². The van der Waals surface area contributed by atoms with E-state index in [4.69, 9.17) is 9.73 Å². The van der Waals surface area contributed by atoms with Gasteiger partial charge in [-0.3, -0.25) is 4.99 Å². The summed E-state index contributed by atoms with van der Waals surface area (Å²) in [4.78, 5) is 5.09. The van der Waals surface area contributed by atoms with E-state index in [1.54, 1.807) is 0 Å². The fraction of sp³-hybridized carbons (Fsp3) is 0.242. The molecule has 0 saturated heterocycles. The number of hydrogen-bond acceptors (Lipinski definition) is 2. The molecule has 2 unspecified atom stereocenters. The molecule has 2 aliphatic heterocycles. The summed E-state index contributed by atoms with van der Waals surface area (Å²) in [6, 6.07) is 15.2. The SMILES string of the molecule is C1=CCCC(C2=NC=C(C3CC=C4Oc5ccccc5-c5cccc3c54)C(C3=CCCC=C3)C2)=C1. The van der Waals surface area contributed by atoms with Crippen molar-refractivity contribution in [2.75, 3.05) is 0 Å². The second-order valence-corrected chi connectivity index (χ2v) is 10.0. The van der Waals surface area contributed by atoms with Gasteiger partial charge in [0.2, 0.25) is 0 Å². The summed E-state index contributed by atoms with van der Waals surface area (Å²) in [5.74, 6) is 2.66. The van der Waals surface area contributed by atoms with Gasteiger partial charge in [0.05, 0.1) is 0 Å². The quantitative estimate of drug-likeness (QED) is 0.455. The molecular formula is C33H29NO. The first-order valence-corrected chi connectivity index (χ1v) is 13.0. The molecule has 2 heteroatoms. The summed E-state index contributed by atoms with van der Waals surface area (Å²) in [5.41, 5.74) is 10.7. The van der Waals surface area contributed by atoms with Crippen LogP contribution in [0.15, 0.2) is 113 Å². The molecule has 0 aromatic heterocycles. The zero-order valence-corrected chi connectivity index (χ0v) is 19.9. The Hall–Kier alpha value is -3.65. The molecule has 3 aliphatic carbocycles. The highest BCUT2D eigenvalue weighted by Crippen LogP contribution is 2.51. The molecular weight excluding hydrogens is 426 g/mol. The van der Waals surface area contributed by atoms with Gasteiger partial charge in [0, 0.05) is 41.3 Å². The lowest BCUT2D eigenvalue weighted by Crippen LogP contribution is -2.24. The molecule has 2 aromatic rings. The summed E-state index contributed by atoms with van der Waals surface area (Å²) in [7, 11) is 0. The maximum Gasteiger partial charge on any atom is 0.135 e. The minimum atomic E-state index is 0.314. The summed E-state index contributed by atoms with van der Waals surface area (Å²) in [5, 5.41) is 0. The molecule has 0 spiro atoms. The smallest absolute Gasteiger partial charge is 0.135 e. The number of rotatable bonds is 3. The number of aliphatic imine (C=N–C) groups is 1. The van der Waals surface area contributed by atoms with Gasteiger partial charge in [-0.1, -0.05) is 72.9 Å². The van der Waals surface area contributed by atoms with Crippen molar-refractivity contribution in [2.45, 2.75) is 44.4 Å². The highest BCUT2D eigenvalue weighted by Gasteiger charge is 2.36. The van der Waals surface area contributed by atoms with Crippen molar-refractivity contribution in [3.8, 4) is 16.9 Å². The van der Waals surface area contributed by atoms with Crippen LogP contribution in [0.4, 0.5) is 0 Å². The van der Waals surface area contributed by atoms with Gasteiger partial charge in [0.15, 0.2) is 0 Å². The van der Waals surface area contributed by atoms with Crippen molar-refractivity contribution < 1.29 is 4.74 Å².